The van der Waals surface area contributed by atoms with E-state index < -0.39 is 23.8 Å². The van der Waals surface area contributed by atoms with E-state index in [1.165, 1.54) is 26.4 Å². The molecule has 1 N–H and O–H groups in total. The Hall–Kier alpha value is -1.92. The van der Waals surface area contributed by atoms with Crippen LogP contribution >= 0.6 is 0 Å². The van der Waals surface area contributed by atoms with Crippen LogP contribution in [0.4, 0.5) is 0 Å². The molecule has 1 heterocycles. The van der Waals surface area contributed by atoms with Gasteiger partial charge in [-0.1, -0.05) is 46.0 Å². The maximum Gasteiger partial charge on any atom is 0.376 e. The molecule has 3 aliphatic carbocycles. The minimum atomic E-state index is -0.924. The summed E-state index contributed by atoms with van der Waals surface area (Å²) in [5, 5.41) is 2.85. The summed E-state index contributed by atoms with van der Waals surface area (Å²) >= 11 is 0. The molecule has 2 amide bonds. The van der Waals surface area contributed by atoms with Crippen LogP contribution in [0.1, 0.15) is 71.6 Å². The SMILES string of the molecule is COC(=O)C(=O)C(CC1CC1)NC(=O)[C@@H]1C2C(CN1C(=O)CC1CCCCC1)C2(C)C. The van der Waals surface area contributed by atoms with E-state index >= 15 is 0 Å². The first-order valence-electron chi connectivity index (χ1n) is 12.0. The summed E-state index contributed by atoms with van der Waals surface area (Å²) in [4.78, 5) is 52.7. The number of carbonyl (C=O) groups excluding carboxylic acids is 4. The summed E-state index contributed by atoms with van der Waals surface area (Å²) in [5.74, 6) is -0.657. The smallest absolute Gasteiger partial charge is 0.376 e. The minimum Gasteiger partial charge on any atom is -0.463 e. The van der Waals surface area contributed by atoms with E-state index in [9.17, 15) is 19.2 Å². The molecule has 172 valence electrons. The van der Waals surface area contributed by atoms with Gasteiger partial charge in [0.2, 0.25) is 11.8 Å². The van der Waals surface area contributed by atoms with Crippen LogP contribution in [0, 0.1) is 29.1 Å². The number of hydrogen-bond donors (Lipinski definition) is 1. The van der Waals surface area contributed by atoms with Gasteiger partial charge < -0.3 is 15.0 Å². The molecule has 0 aromatic carbocycles. The van der Waals surface area contributed by atoms with E-state index in [0.29, 0.717) is 37.1 Å². The fraction of sp³-hybridized carbons (Fsp3) is 0.833. The lowest BCUT2D eigenvalue weighted by Gasteiger charge is -2.32. The number of rotatable bonds is 8. The maximum absolute atomic E-state index is 13.4. The van der Waals surface area contributed by atoms with E-state index in [-0.39, 0.29) is 23.1 Å². The van der Waals surface area contributed by atoms with Crippen LogP contribution in [0.15, 0.2) is 0 Å². The molecule has 7 heteroatoms. The first-order chi connectivity index (χ1) is 14.7. The van der Waals surface area contributed by atoms with Crippen LogP contribution in [-0.4, -0.2) is 54.2 Å². The number of Topliss-reactive ketones (excluding diaryl/α,β-unsaturated/α-hetero) is 1. The number of piperidine rings is 1. The van der Waals surface area contributed by atoms with Crippen LogP contribution in [0.5, 0.6) is 0 Å². The Labute approximate surface area is 184 Å². The fourth-order valence-corrected chi connectivity index (χ4v) is 6.02. The molecule has 3 saturated carbocycles. The highest BCUT2D eigenvalue weighted by Gasteiger charge is 2.69. The number of esters is 1. The molecular formula is C24H36N2O5. The van der Waals surface area contributed by atoms with Crippen molar-refractivity contribution in [1.29, 1.82) is 0 Å². The van der Waals surface area contributed by atoms with Gasteiger partial charge in [-0.25, -0.2) is 4.79 Å². The monoisotopic (exact) mass is 432 g/mol. The van der Waals surface area contributed by atoms with Gasteiger partial charge in [-0.15, -0.1) is 0 Å². The van der Waals surface area contributed by atoms with Gasteiger partial charge in [-0.3, -0.25) is 14.4 Å². The van der Waals surface area contributed by atoms with Gasteiger partial charge in [0.1, 0.15) is 6.04 Å². The Morgan fingerprint density at radius 2 is 1.71 bits per heavy atom. The highest BCUT2D eigenvalue weighted by molar-refractivity contribution is 6.36. The standard InChI is InChI=1S/C24H36N2O5/c1-24(2)16-13-26(18(27)12-14-7-5-4-6-8-14)20(19(16)24)22(29)25-17(11-15-9-10-15)21(28)23(30)31-3/h14-17,19-20H,4-13H2,1-3H3,(H,25,29)/t16?,17?,19?,20-/m0/s1. The van der Waals surface area contributed by atoms with E-state index in [0.717, 1.165) is 25.7 Å². The molecule has 0 radical (unpaired) electrons. The predicted octanol–water partition coefficient (Wildman–Crippen LogP) is 2.47. The minimum absolute atomic E-state index is 0.0158. The number of nitrogens with zero attached hydrogens (tertiary/aromatic N) is 1. The molecule has 0 spiro atoms. The quantitative estimate of drug-likeness (QED) is 0.470. The van der Waals surface area contributed by atoms with Crippen molar-refractivity contribution in [2.24, 2.45) is 29.1 Å². The Morgan fingerprint density at radius 1 is 1.03 bits per heavy atom. The maximum atomic E-state index is 13.4. The molecule has 1 saturated heterocycles. The fourth-order valence-electron chi connectivity index (χ4n) is 6.02. The number of amides is 2. The van der Waals surface area contributed by atoms with Crippen LogP contribution < -0.4 is 5.32 Å². The van der Waals surface area contributed by atoms with E-state index in [1.54, 1.807) is 4.90 Å². The molecule has 0 aromatic heterocycles. The van der Waals surface area contributed by atoms with Crippen LogP contribution in [0.25, 0.3) is 0 Å². The Bertz CT molecular complexity index is 753. The molecule has 3 unspecified atom stereocenters. The van der Waals surface area contributed by atoms with Crippen LogP contribution in [-0.2, 0) is 23.9 Å². The average molecular weight is 433 g/mol. The van der Waals surface area contributed by atoms with Crippen molar-refractivity contribution >= 4 is 23.6 Å². The third kappa shape index (κ3) is 4.51. The van der Waals surface area contributed by atoms with Gasteiger partial charge >= 0.3 is 5.97 Å². The molecule has 4 aliphatic rings. The highest BCUT2D eigenvalue weighted by atomic mass is 16.5. The summed E-state index contributed by atoms with van der Waals surface area (Å²) in [5.41, 5.74) is 0.0158. The van der Waals surface area contributed by atoms with Crippen molar-refractivity contribution in [3.8, 4) is 0 Å². The van der Waals surface area contributed by atoms with Crippen molar-refractivity contribution < 1.29 is 23.9 Å². The van der Waals surface area contributed by atoms with E-state index in [1.807, 2.05) is 0 Å². The summed E-state index contributed by atoms with van der Waals surface area (Å²) in [6.07, 6.45) is 8.77. The Morgan fingerprint density at radius 3 is 2.32 bits per heavy atom. The number of likely N-dealkylation sites (tertiary alicyclic amines) is 1. The van der Waals surface area contributed by atoms with Gasteiger partial charge in [0.15, 0.2) is 0 Å². The van der Waals surface area contributed by atoms with E-state index in [2.05, 4.69) is 23.9 Å². The summed E-state index contributed by atoms with van der Waals surface area (Å²) < 4.78 is 4.60. The normalized spacial score (nSPS) is 30.3. The zero-order valence-electron chi connectivity index (χ0n) is 19.0. The van der Waals surface area contributed by atoms with Crippen molar-refractivity contribution in [2.75, 3.05) is 13.7 Å². The number of ether oxygens (including phenoxy) is 1. The number of fused-ring (bicyclic) bond motifs is 1. The molecule has 0 bridgehead atoms. The van der Waals surface area contributed by atoms with Gasteiger partial charge in [-0.05, 0) is 48.3 Å². The second-order valence-electron chi connectivity index (χ2n) is 10.7. The van der Waals surface area contributed by atoms with Crippen molar-refractivity contribution in [2.45, 2.75) is 83.7 Å². The molecule has 1 aliphatic heterocycles. The summed E-state index contributed by atoms with van der Waals surface area (Å²) in [6.45, 7) is 4.90. The topological polar surface area (TPSA) is 92.8 Å². The second kappa shape index (κ2) is 8.55. The third-order valence-corrected chi connectivity index (χ3v) is 8.27. The lowest BCUT2D eigenvalue weighted by atomic mass is 9.86. The Balaban J connectivity index is 1.46. The molecular weight excluding hydrogens is 396 g/mol. The highest BCUT2D eigenvalue weighted by Crippen LogP contribution is 2.65. The van der Waals surface area contributed by atoms with Gasteiger partial charge in [0.25, 0.3) is 5.78 Å². The summed E-state index contributed by atoms with van der Waals surface area (Å²) in [7, 11) is 1.18. The zero-order valence-corrected chi connectivity index (χ0v) is 19.0. The zero-order chi connectivity index (χ0) is 22.3. The average Bonchev–Trinajstić information content (AvgIpc) is 3.60. The second-order valence-corrected chi connectivity index (χ2v) is 10.7. The molecule has 31 heavy (non-hydrogen) atoms. The lowest BCUT2D eigenvalue weighted by Crippen LogP contribution is -2.54. The van der Waals surface area contributed by atoms with Crippen molar-refractivity contribution in [1.82, 2.24) is 10.2 Å². The van der Waals surface area contributed by atoms with Crippen LogP contribution in [0.2, 0.25) is 0 Å². The Kier molecular flexibility index (Phi) is 6.14. The molecule has 7 nitrogen and oxygen atoms in total. The summed E-state index contributed by atoms with van der Waals surface area (Å²) in [6, 6.07) is -1.42. The van der Waals surface area contributed by atoms with Gasteiger partial charge in [-0.2, -0.15) is 0 Å². The number of ketones is 1. The molecule has 0 aromatic rings. The third-order valence-electron chi connectivity index (χ3n) is 8.27. The molecule has 4 rings (SSSR count). The first-order valence-corrected chi connectivity index (χ1v) is 12.0. The van der Waals surface area contributed by atoms with Gasteiger partial charge in [0.05, 0.1) is 13.2 Å². The lowest BCUT2D eigenvalue weighted by molar-refractivity contribution is -0.153. The van der Waals surface area contributed by atoms with Crippen molar-refractivity contribution in [3.63, 3.8) is 0 Å². The largest absolute Gasteiger partial charge is 0.463 e. The number of carbonyl (C=O) groups is 4. The van der Waals surface area contributed by atoms with E-state index in [4.69, 9.17) is 0 Å². The predicted molar refractivity (Wildman–Crippen MR) is 114 cm³/mol. The number of hydrogen-bond acceptors (Lipinski definition) is 5. The number of nitrogens with one attached hydrogen (secondary N) is 1. The molecule has 4 atom stereocenters. The van der Waals surface area contributed by atoms with Crippen molar-refractivity contribution in [3.05, 3.63) is 0 Å². The number of methoxy groups -OCH3 is 1. The molecule has 4 fully saturated rings. The van der Waals surface area contributed by atoms with Gasteiger partial charge in [0, 0.05) is 13.0 Å². The van der Waals surface area contributed by atoms with Crippen LogP contribution in [0.3, 0.4) is 0 Å². The first kappa shape index (κ1) is 22.3.